The van der Waals surface area contributed by atoms with E-state index in [9.17, 15) is 24.9 Å². The lowest BCUT2D eigenvalue weighted by atomic mass is 9.43. The van der Waals surface area contributed by atoms with Crippen LogP contribution in [-0.2, 0) is 9.59 Å². The molecule has 0 radical (unpaired) electrons. The Hall–Kier alpha value is -1.70. The normalized spacial score (nSPS) is 43.1. The molecule has 0 aromatic carbocycles. The highest BCUT2D eigenvalue weighted by atomic mass is 16.3. The molecule has 1 heterocycles. The largest absolute Gasteiger partial charge is 0.393 e. The number of hydrogen-bond donors (Lipinski definition) is 7. The van der Waals surface area contributed by atoms with Crippen LogP contribution >= 0.6 is 0 Å². The van der Waals surface area contributed by atoms with Crippen LogP contribution in [0.4, 0.5) is 0 Å². The van der Waals surface area contributed by atoms with Gasteiger partial charge in [-0.3, -0.25) is 9.59 Å². The van der Waals surface area contributed by atoms with Crippen LogP contribution in [0, 0.1) is 58.7 Å². The first-order valence-electron chi connectivity index (χ1n) is 16.4. The number of fused-ring (bicyclic) bond motifs is 5. The van der Waals surface area contributed by atoms with E-state index in [2.05, 4.69) is 48.2 Å². The van der Waals surface area contributed by atoms with Crippen molar-refractivity contribution in [2.75, 3.05) is 6.54 Å². The van der Waals surface area contributed by atoms with Crippen molar-refractivity contribution in [1.29, 1.82) is 0 Å². The van der Waals surface area contributed by atoms with Gasteiger partial charge in [-0.2, -0.15) is 0 Å². The number of terminal acetylenes is 1. The predicted octanol–water partition coefficient (Wildman–Crippen LogP) is 2.20. The highest BCUT2D eigenvalue weighted by Gasteiger charge is 2.65. The van der Waals surface area contributed by atoms with Crippen molar-refractivity contribution in [3.63, 3.8) is 0 Å². The van der Waals surface area contributed by atoms with Crippen LogP contribution in [-0.4, -0.2) is 63.7 Å². The standard InChI is InChI=1S/C33H54N4O5/c1-6-17-34-30(42)25(13-16-33(5)36-37-33)35-26(39)10-7-19(2)21-8-9-22-27-23(12-15-31(21,22)3)32(4)14-11-20(38)18-24(32)28(40)29(27)41/h1,19-25,27-29,36-38,40-41H,7-18H2,2-5H3,(H,34,42)(H,35,39). The molecule has 12 unspecified atom stereocenters. The molecule has 7 N–H and O–H groups in total. The Morgan fingerprint density at radius 3 is 2.33 bits per heavy atom. The third-order valence-electron chi connectivity index (χ3n) is 12.8. The molecular weight excluding hydrogens is 532 g/mol. The third kappa shape index (κ3) is 5.87. The second kappa shape index (κ2) is 12.0. The minimum atomic E-state index is -0.784. The van der Waals surface area contributed by atoms with Gasteiger partial charge in [-0.05, 0) is 117 Å². The number of hydrazine groups is 1. The second-order valence-corrected chi connectivity index (χ2v) is 15.2. The van der Waals surface area contributed by atoms with E-state index in [-0.39, 0.29) is 52.8 Å². The lowest BCUT2D eigenvalue weighted by Crippen LogP contribution is -2.64. The molecular formula is C33H54N4O5. The monoisotopic (exact) mass is 586 g/mol. The molecule has 5 aliphatic rings. The highest BCUT2D eigenvalue weighted by Crippen LogP contribution is 2.68. The van der Waals surface area contributed by atoms with Gasteiger partial charge in [0.15, 0.2) is 0 Å². The molecule has 236 valence electrons. The number of aliphatic hydroxyl groups is 3. The van der Waals surface area contributed by atoms with Crippen LogP contribution in [0.1, 0.15) is 98.3 Å². The lowest BCUT2D eigenvalue weighted by molar-refractivity contribution is -0.223. The molecule has 5 fully saturated rings. The summed E-state index contributed by atoms with van der Waals surface area (Å²) in [5.74, 6) is 3.58. The van der Waals surface area contributed by atoms with Crippen molar-refractivity contribution < 1.29 is 24.9 Å². The van der Waals surface area contributed by atoms with Gasteiger partial charge in [0.25, 0.3) is 0 Å². The summed E-state index contributed by atoms with van der Waals surface area (Å²) in [6, 6.07) is -0.629. The zero-order valence-electron chi connectivity index (χ0n) is 26.0. The summed E-state index contributed by atoms with van der Waals surface area (Å²) in [5.41, 5.74) is 5.96. The Kier molecular flexibility index (Phi) is 9.06. The zero-order valence-corrected chi connectivity index (χ0v) is 26.0. The molecule has 1 aliphatic heterocycles. The third-order valence-corrected chi connectivity index (χ3v) is 12.8. The quantitative estimate of drug-likeness (QED) is 0.152. The van der Waals surface area contributed by atoms with E-state index in [1.165, 1.54) is 0 Å². The number of rotatable bonds is 10. The van der Waals surface area contributed by atoms with Crippen LogP contribution in [0.5, 0.6) is 0 Å². The summed E-state index contributed by atoms with van der Waals surface area (Å²) in [6.45, 7) is 9.11. The fraction of sp³-hybridized carbons (Fsp3) is 0.879. The van der Waals surface area contributed by atoms with Gasteiger partial charge in [0, 0.05) is 6.42 Å². The number of aliphatic hydroxyl groups excluding tert-OH is 3. The summed E-state index contributed by atoms with van der Waals surface area (Å²) in [5, 5.41) is 38.9. The molecule has 42 heavy (non-hydrogen) atoms. The molecule has 0 bridgehead atoms. The minimum absolute atomic E-state index is 0.0439. The molecule has 12 atom stereocenters. The molecule has 5 rings (SSSR count). The van der Waals surface area contributed by atoms with Gasteiger partial charge in [-0.25, -0.2) is 10.9 Å². The van der Waals surface area contributed by atoms with Crippen LogP contribution in [0.2, 0.25) is 0 Å². The van der Waals surface area contributed by atoms with E-state index in [0.717, 1.165) is 44.9 Å². The topological polar surface area (TPSA) is 163 Å². The molecule has 1 saturated heterocycles. The summed E-state index contributed by atoms with van der Waals surface area (Å²) in [7, 11) is 0. The number of amides is 2. The Morgan fingerprint density at radius 2 is 1.64 bits per heavy atom. The molecule has 4 aliphatic carbocycles. The predicted molar refractivity (Wildman–Crippen MR) is 160 cm³/mol. The van der Waals surface area contributed by atoms with E-state index in [1.807, 2.05) is 6.92 Å². The fourth-order valence-electron chi connectivity index (χ4n) is 10.2. The van der Waals surface area contributed by atoms with Crippen molar-refractivity contribution in [3.05, 3.63) is 0 Å². The van der Waals surface area contributed by atoms with Crippen LogP contribution in [0.15, 0.2) is 0 Å². The van der Waals surface area contributed by atoms with E-state index < -0.39 is 18.2 Å². The van der Waals surface area contributed by atoms with Gasteiger partial charge in [-0.1, -0.05) is 26.7 Å². The lowest BCUT2D eigenvalue weighted by Gasteiger charge is -2.63. The Labute approximate surface area is 251 Å². The number of carbonyl (C=O) groups excluding carboxylic acids is 2. The van der Waals surface area contributed by atoms with Crippen molar-refractivity contribution in [2.45, 2.75) is 128 Å². The average molecular weight is 587 g/mol. The summed E-state index contributed by atoms with van der Waals surface area (Å²) in [6.07, 6.45) is 12.3. The summed E-state index contributed by atoms with van der Waals surface area (Å²) < 4.78 is 0. The second-order valence-electron chi connectivity index (χ2n) is 15.2. The van der Waals surface area contributed by atoms with Crippen molar-refractivity contribution in [3.8, 4) is 12.3 Å². The van der Waals surface area contributed by atoms with Gasteiger partial charge in [-0.15, -0.1) is 6.42 Å². The first kappa shape index (κ1) is 31.7. The van der Waals surface area contributed by atoms with E-state index in [1.54, 1.807) is 0 Å². The van der Waals surface area contributed by atoms with Gasteiger partial charge in [0.1, 0.15) is 6.04 Å². The van der Waals surface area contributed by atoms with Crippen LogP contribution in [0.25, 0.3) is 0 Å². The smallest absolute Gasteiger partial charge is 0.243 e. The first-order valence-corrected chi connectivity index (χ1v) is 16.4. The SMILES string of the molecule is C#CCNC(=O)C(CCC1(C)NN1)NC(=O)CCC(C)C1CCC2C3C(O)C(O)C4CC(O)CCC4(C)C3CCC12C. The van der Waals surface area contributed by atoms with Gasteiger partial charge in [0.05, 0.1) is 30.5 Å². The molecule has 0 aromatic rings. The van der Waals surface area contributed by atoms with Gasteiger partial charge < -0.3 is 26.0 Å². The molecule has 0 spiro atoms. The number of nitrogens with one attached hydrogen (secondary N) is 4. The number of hydrogen-bond acceptors (Lipinski definition) is 7. The van der Waals surface area contributed by atoms with Gasteiger partial charge in [0.2, 0.25) is 11.8 Å². The van der Waals surface area contributed by atoms with E-state index in [4.69, 9.17) is 6.42 Å². The maximum atomic E-state index is 13.1. The Morgan fingerprint density at radius 1 is 0.952 bits per heavy atom. The van der Waals surface area contributed by atoms with E-state index >= 15 is 0 Å². The highest BCUT2D eigenvalue weighted by molar-refractivity contribution is 5.87. The zero-order chi connectivity index (χ0) is 30.4. The average Bonchev–Trinajstić information content (AvgIpc) is 3.59. The number of carbonyl (C=O) groups is 2. The minimum Gasteiger partial charge on any atom is -0.393 e. The summed E-state index contributed by atoms with van der Waals surface area (Å²) in [4.78, 5) is 25.8. The maximum Gasteiger partial charge on any atom is 0.243 e. The maximum absolute atomic E-state index is 13.1. The van der Waals surface area contributed by atoms with Crippen LogP contribution in [0.3, 0.4) is 0 Å². The van der Waals surface area contributed by atoms with Crippen molar-refractivity contribution in [2.24, 2.45) is 46.3 Å². The van der Waals surface area contributed by atoms with Crippen molar-refractivity contribution >= 4 is 11.8 Å². The van der Waals surface area contributed by atoms with Gasteiger partial charge >= 0.3 is 0 Å². The Bertz CT molecular complexity index is 1060. The molecule has 4 saturated carbocycles. The van der Waals surface area contributed by atoms with E-state index in [0.29, 0.717) is 49.4 Å². The Balaban J connectivity index is 1.20. The molecule has 9 nitrogen and oxygen atoms in total. The molecule has 0 aromatic heterocycles. The van der Waals surface area contributed by atoms with Crippen LogP contribution < -0.4 is 21.5 Å². The fourth-order valence-corrected chi connectivity index (χ4v) is 10.2. The molecule has 2 amide bonds. The molecule has 9 heteroatoms. The summed E-state index contributed by atoms with van der Waals surface area (Å²) >= 11 is 0. The van der Waals surface area contributed by atoms with Crippen molar-refractivity contribution in [1.82, 2.24) is 21.5 Å². The first-order chi connectivity index (χ1) is 19.8.